The lowest BCUT2D eigenvalue weighted by molar-refractivity contribution is 0.133. The largest absolute Gasteiger partial charge is 0.497 e. The Labute approximate surface area is 104 Å². The highest BCUT2D eigenvalue weighted by Gasteiger charge is 2.24. The zero-order valence-corrected chi connectivity index (χ0v) is 11.1. The van der Waals surface area contributed by atoms with E-state index in [9.17, 15) is 5.11 Å². The molecule has 0 amide bonds. The summed E-state index contributed by atoms with van der Waals surface area (Å²) < 4.78 is 5.13. The number of hydrogen-bond acceptors (Lipinski definition) is 3. The number of hydrogen-bond donors (Lipinski definition) is 2. The van der Waals surface area contributed by atoms with Gasteiger partial charge in [-0.25, -0.2) is 0 Å². The van der Waals surface area contributed by atoms with Crippen LogP contribution in [0.15, 0.2) is 24.3 Å². The van der Waals surface area contributed by atoms with Crippen molar-refractivity contribution in [3.05, 3.63) is 29.8 Å². The standard InChI is InChI=1S/C14H23NO2/c1-14(2,3)13(15)9-12(16)10-6-5-7-11(8-10)17-4/h5-8,12-13,16H,9,15H2,1-4H3/t12-,13+/m0/s1. The average molecular weight is 237 g/mol. The van der Waals surface area contributed by atoms with Gasteiger partial charge in [-0.1, -0.05) is 32.9 Å². The zero-order valence-electron chi connectivity index (χ0n) is 11.1. The minimum Gasteiger partial charge on any atom is -0.497 e. The van der Waals surface area contributed by atoms with Crippen molar-refractivity contribution in [2.45, 2.75) is 39.3 Å². The minimum absolute atomic E-state index is 0.000152. The van der Waals surface area contributed by atoms with Crippen LogP contribution in [-0.2, 0) is 0 Å². The molecule has 0 unspecified atom stereocenters. The van der Waals surface area contributed by atoms with Gasteiger partial charge >= 0.3 is 0 Å². The van der Waals surface area contributed by atoms with E-state index in [2.05, 4.69) is 20.8 Å². The molecule has 0 saturated heterocycles. The predicted molar refractivity (Wildman–Crippen MR) is 70.0 cm³/mol. The predicted octanol–water partition coefficient (Wildman–Crippen LogP) is 2.49. The van der Waals surface area contributed by atoms with Crippen LogP contribution >= 0.6 is 0 Å². The van der Waals surface area contributed by atoms with Crippen LogP contribution in [0.5, 0.6) is 5.75 Å². The molecule has 0 heterocycles. The number of methoxy groups -OCH3 is 1. The molecule has 96 valence electrons. The van der Waals surface area contributed by atoms with Crippen molar-refractivity contribution in [2.24, 2.45) is 11.1 Å². The van der Waals surface area contributed by atoms with E-state index in [0.29, 0.717) is 6.42 Å². The van der Waals surface area contributed by atoms with E-state index in [0.717, 1.165) is 11.3 Å². The van der Waals surface area contributed by atoms with E-state index in [1.807, 2.05) is 24.3 Å². The van der Waals surface area contributed by atoms with Crippen molar-refractivity contribution in [2.75, 3.05) is 7.11 Å². The van der Waals surface area contributed by atoms with Crippen LogP contribution in [0.3, 0.4) is 0 Å². The molecular weight excluding hydrogens is 214 g/mol. The molecule has 3 nitrogen and oxygen atoms in total. The first-order valence-electron chi connectivity index (χ1n) is 5.92. The van der Waals surface area contributed by atoms with Crippen molar-refractivity contribution < 1.29 is 9.84 Å². The molecular formula is C14H23NO2. The maximum Gasteiger partial charge on any atom is 0.119 e. The van der Waals surface area contributed by atoms with Crippen molar-refractivity contribution in [3.8, 4) is 5.75 Å². The molecule has 0 radical (unpaired) electrons. The maximum atomic E-state index is 10.1. The number of nitrogens with two attached hydrogens (primary N) is 1. The molecule has 0 aliphatic carbocycles. The molecule has 3 heteroatoms. The van der Waals surface area contributed by atoms with Crippen molar-refractivity contribution >= 4 is 0 Å². The summed E-state index contributed by atoms with van der Waals surface area (Å²) in [4.78, 5) is 0. The smallest absolute Gasteiger partial charge is 0.119 e. The molecule has 17 heavy (non-hydrogen) atoms. The van der Waals surface area contributed by atoms with Gasteiger partial charge < -0.3 is 15.6 Å². The molecule has 0 aliphatic heterocycles. The number of benzene rings is 1. The molecule has 0 spiro atoms. The second-order valence-electron chi connectivity index (χ2n) is 5.50. The summed E-state index contributed by atoms with van der Waals surface area (Å²) in [6.07, 6.45) is 0.00996. The summed E-state index contributed by atoms with van der Waals surface area (Å²) in [6, 6.07) is 7.44. The molecule has 0 fully saturated rings. The Hall–Kier alpha value is -1.06. The average Bonchev–Trinajstić information content (AvgIpc) is 2.27. The Kier molecular flexibility index (Phi) is 4.54. The summed E-state index contributed by atoms with van der Waals surface area (Å²) in [7, 11) is 1.62. The molecule has 1 aromatic carbocycles. The summed E-state index contributed by atoms with van der Waals surface area (Å²) in [6.45, 7) is 6.24. The third kappa shape index (κ3) is 4.02. The number of rotatable bonds is 4. The third-order valence-electron chi connectivity index (χ3n) is 3.07. The van der Waals surface area contributed by atoms with Crippen LogP contribution in [-0.4, -0.2) is 18.3 Å². The Morgan fingerprint density at radius 2 is 2.00 bits per heavy atom. The molecule has 2 atom stereocenters. The van der Waals surface area contributed by atoms with E-state index >= 15 is 0 Å². The highest BCUT2D eigenvalue weighted by atomic mass is 16.5. The van der Waals surface area contributed by atoms with Gasteiger partial charge in [-0.2, -0.15) is 0 Å². The minimum atomic E-state index is -0.542. The normalized spacial score (nSPS) is 15.4. The number of aliphatic hydroxyl groups is 1. The number of ether oxygens (including phenoxy) is 1. The third-order valence-corrected chi connectivity index (χ3v) is 3.07. The fourth-order valence-corrected chi connectivity index (χ4v) is 1.58. The summed E-state index contributed by atoms with van der Waals surface area (Å²) in [5.74, 6) is 0.755. The second kappa shape index (κ2) is 5.52. The second-order valence-corrected chi connectivity index (χ2v) is 5.50. The van der Waals surface area contributed by atoms with Gasteiger partial charge in [0.15, 0.2) is 0 Å². The Morgan fingerprint density at radius 3 is 2.53 bits per heavy atom. The topological polar surface area (TPSA) is 55.5 Å². The molecule has 0 aliphatic rings. The van der Waals surface area contributed by atoms with Crippen LogP contribution in [0.25, 0.3) is 0 Å². The van der Waals surface area contributed by atoms with Crippen LogP contribution in [0, 0.1) is 5.41 Å². The highest BCUT2D eigenvalue weighted by Crippen LogP contribution is 2.27. The molecule has 0 bridgehead atoms. The highest BCUT2D eigenvalue weighted by molar-refractivity contribution is 5.29. The molecule has 1 aromatic rings. The fraction of sp³-hybridized carbons (Fsp3) is 0.571. The first-order valence-corrected chi connectivity index (χ1v) is 5.92. The van der Waals surface area contributed by atoms with Crippen molar-refractivity contribution in [1.29, 1.82) is 0 Å². The van der Waals surface area contributed by atoms with E-state index < -0.39 is 6.10 Å². The number of aliphatic hydroxyl groups excluding tert-OH is 1. The summed E-state index contributed by atoms with van der Waals surface area (Å²) >= 11 is 0. The molecule has 3 N–H and O–H groups in total. The van der Waals surface area contributed by atoms with Crippen LogP contribution in [0.1, 0.15) is 38.9 Å². The van der Waals surface area contributed by atoms with Gasteiger partial charge in [0.25, 0.3) is 0 Å². The van der Waals surface area contributed by atoms with Crippen LogP contribution in [0.4, 0.5) is 0 Å². The van der Waals surface area contributed by atoms with Crippen molar-refractivity contribution in [3.63, 3.8) is 0 Å². The van der Waals surface area contributed by atoms with Gasteiger partial charge in [0.05, 0.1) is 13.2 Å². The Balaban J connectivity index is 2.72. The summed E-state index contributed by atoms with van der Waals surface area (Å²) in [5.41, 5.74) is 6.92. The van der Waals surface area contributed by atoms with Gasteiger partial charge in [0.2, 0.25) is 0 Å². The molecule has 0 aromatic heterocycles. The van der Waals surface area contributed by atoms with E-state index in [4.69, 9.17) is 10.5 Å². The lowest BCUT2D eigenvalue weighted by atomic mass is 9.83. The van der Waals surface area contributed by atoms with Crippen molar-refractivity contribution in [1.82, 2.24) is 0 Å². The van der Waals surface area contributed by atoms with Gasteiger partial charge in [-0.15, -0.1) is 0 Å². The Bertz CT molecular complexity index is 357. The fourth-order valence-electron chi connectivity index (χ4n) is 1.58. The Morgan fingerprint density at radius 1 is 1.35 bits per heavy atom. The monoisotopic (exact) mass is 237 g/mol. The maximum absolute atomic E-state index is 10.1. The van der Waals surface area contributed by atoms with Gasteiger partial charge in [0.1, 0.15) is 5.75 Å². The van der Waals surface area contributed by atoms with Crippen LogP contribution < -0.4 is 10.5 Å². The first-order chi connectivity index (χ1) is 7.84. The van der Waals surface area contributed by atoms with Crippen LogP contribution in [0.2, 0.25) is 0 Å². The van der Waals surface area contributed by atoms with Gasteiger partial charge in [0, 0.05) is 6.04 Å². The van der Waals surface area contributed by atoms with Gasteiger partial charge in [-0.3, -0.25) is 0 Å². The lowest BCUT2D eigenvalue weighted by Gasteiger charge is -2.29. The summed E-state index contributed by atoms with van der Waals surface area (Å²) in [5, 5.41) is 10.1. The quantitative estimate of drug-likeness (QED) is 0.846. The SMILES string of the molecule is COc1cccc([C@@H](O)C[C@@H](N)C(C)(C)C)c1. The lowest BCUT2D eigenvalue weighted by Crippen LogP contribution is -2.36. The van der Waals surface area contributed by atoms with E-state index in [1.54, 1.807) is 7.11 Å². The van der Waals surface area contributed by atoms with E-state index in [-0.39, 0.29) is 11.5 Å². The van der Waals surface area contributed by atoms with E-state index in [1.165, 1.54) is 0 Å². The zero-order chi connectivity index (χ0) is 13.1. The molecule has 1 rings (SSSR count). The van der Waals surface area contributed by atoms with Gasteiger partial charge in [-0.05, 0) is 29.5 Å². The molecule has 0 saturated carbocycles. The first kappa shape index (κ1) is 14.0.